The van der Waals surface area contributed by atoms with Gasteiger partial charge in [0.15, 0.2) is 6.29 Å². The largest absolute Gasteiger partial charge is 0.421 e. The number of hydrogen-bond acceptors (Lipinski definition) is 4. The Morgan fingerprint density at radius 2 is 1.67 bits per heavy atom. The monoisotopic (exact) mass is 398 g/mol. The van der Waals surface area contributed by atoms with Gasteiger partial charge in [0.1, 0.15) is 0 Å². The second-order valence-corrected chi connectivity index (χ2v) is 7.67. The van der Waals surface area contributed by atoms with Crippen LogP contribution in [-0.4, -0.2) is 16.5 Å². The summed E-state index contributed by atoms with van der Waals surface area (Å²) in [5, 5.41) is 10.5. The van der Waals surface area contributed by atoms with Gasteiger partial charge in [-0.1, -0.05) is 86.8 Å². The Hall–Kier alpha value is -3.27. The maximum absolute atomic E-state index is 11.4. The molecule has 1 atom stereocenters. The fourth-order valence-electron chi connectivity index (χ4n) is 4.02. The fraction of sp³-hybridized carbons (Fsp3) is 0.269. The average molecular weight is 399 g/mol. The molecular formula is C26H26N2O2. The molecule has 0 aliphatic heterocycles. The Labute approximate surface area is 177 Å². The number of rotatable bonds is 9. The maximum atomic E-state index is 11.4. The summed E-state index contributed by atoms with van der Waals surface area (Å²) in [7, 11) is 0. The molecule has 0 unspecified atom stereocenters. The molecule has 4 rings (SSSR count). The molecule has 1 heterocycles. The topological polar surface area (TPSA) is 56.0 Å². The van der Waals surface area contributed by atoms with Crippen molar-refractivity contribution >= 4 is 17.1 Å². The van der Waals surface area contributed by atoms with Gasteiger partial charge in [0.05, 0.1) is 0 Å². The zero-order valence-corrected chi connectivity index (χ0v) is 17.3. The van der Waals surface area contributed by atoms with Gasteiger partial charge in [0.2, 0.25) is 11.8 Å². The molecule has 0 amide bonds. The molecule has 4 aromatic rings. The summed E-state index contributed by atoms with van der Waals surface area (Å²) in [6.07, 6.45) is 6.34. The molecular weight excluding hydrogens is 372 g/mol. The van der Waals surface area contributed by atoms with Crippen molar-refractivity contribution in [2.45, 2.75) is 44.9 Å². The smallest absolute Gasteiger partial charge is 0.248 e. The van der Waals surface area contributed by atoms with Crippen molar-refractivity contribution in [3.8, 4) is 11.5 Å². The van der Waals surface area contributed by atoms with Crippen LogP contribution in [0.5, 0.6) is 0 Å². The minimum absolute atomic E-state index is 0.361. The van der Waals surface area contributed by atoms with Crippen molar-refractivity contribution in [1.82, 2.24) is 10.2 Å². The third-order valence-electron chi connectivity index (χ3n) is 5.63. The van der Waals surface area contributed by atoms with E-state index in [4.69, 9.17) is 4.42 Å². The number of aldehydes is 1. The van der Waals surface area contributed by atoms with Crippen molar-refractivity contribution in [2.75, 3.05) is 0 Å². The van der Waals surface area contributed by atoms with Crippen molar-refractivity contribution in [3.05, 3.63) is 83.7 Å². The number of hydrogen-bond donors (Lipinski definition) is 0. The van der Waals surface area contributed by atoms with Crippen LogP contribution in [0.15, 0.2) is 71.1 Å². The quantitative estimate of drug-likeness (QED) is 0.235. The van der Waals surface area contributed by atoms with E-state index in [2.05, 4.69) is 41.4 Å². The number of carbonyl (C=O) groups excluding carboxylic acids is 1. The zero-order chi connectivity index (χ0) is 20.8. The van der Waals surface area contributed by atoms with Crippen LogP contribution < -0.4 is 0 Å². The molecule has 30 heavy (non-hydrogen) atoms. The van der Waals surface area contributed by atoms with Crippen LogP contribution in [0.1, 0.15) is 60.3 Å². The minimum atomic E-state index is 0.361. The van der Waals surface area contributed by atoms with Crippen LogP contribution in [0.3, 0.4) is 0 Å². The van der Waals surface area contributed by atoms with Gasteiger partial charge in [0.25, 0.3) is 0 Å². The van der Waals surface area contributed by atoms with Gasteiger partial charge in [-0.15, -0.1) is 10.2 Å². The second-order valence-electron chi connectivity index (χ2n) is 7.67. The Bertz CT molecular complexity index is 1120. The standard InChI is InChI=1S/C26H26N2O2/c1-2-3-5-12-20(19-10-6-4-7-11-19)17-25-27-28-26(30-25)24-16-15-21(18-29)22-13-8-9-14-23(22)24/h4,6-11,13-16,18,20H,2-3,5,12,17H2,1H3/t20-/m1/s1. The van der Waals surface area contributed by atoms with Gasteiger partial charge < -0.3 is 4.42 Å². The van der Waals surface area contributed by atoms with Crippen LogP contribution in [-0.2, 0) is 6.42 Å². The SMILES string of the molecule is CCCCC[C@H](Cc1nnc(-c2ccc(C=O)c3ccccc23)o1)c1ccccc1. The minimum Gasteiger partial charge on any atom is -0.421 e. The second kappa shape index (κ2) is 9.49. The highest BCUT2D eigenvalue weighted by molar-refractivity contribution is 6.04. The molecule has 0 aliphatic carbocycles. The molecule has 0 radical (unpaired) electrons. The number of aromatic nitrogens is 2. The van der Waals surface area contributed by atoms with Crippen molar-refractivity contribution < 1.29 is 9.21 Å². The lowest BCUT2D eigenvalue weighted by atomic mass is 9.90. The van der Waals surface area contributed by atoms with Crippen LogP contribution in [0.25, 0.3) is 22.2 Å². The maximum Gasteiger partial charge on any atom is 0.248 e. The molecule has 4 heteroatoms. The normalized spacial score (nSPS) is 12.2. The molecule has 0 saturated heterocycles. The van der Waals surface area contributed by atoms with Gasteiger partial charge in [-0.2, -0.15) is 0 Å². The molecule has 3 aromatic carbocycles. The summed E-state index contributed by atoms with van der Waals surface area (Å²) in [5.41, 5.74) is 2.83. The number of carbonyl (C=O) groups is 1. The van der Waals surface area contributed by atoms with Gasteiger partial charge in [-0.3, -0.25) is 4.79 Å². The predicted molar refractivity (Wildman–Crippen MR) is 120 cm³/mol. The van der Waals surface area contributed by atoms with Crippen LogP contribution in [0, 0.1) is 0 Å². The van der Waals surface area contributed by atoms with E-state index in [-0.39, 0.29) is 0 Å². The van der Waals surface area contributed by atoms with Crippen LogP contribution in [0.2, 0.25) is 0 Å². The first kappa shape index (κ1) is 20.0. The summed E-state index contributed by atoms with van der Waals surface area (Å²) in [5.74, 6) is 1.51. The molecule has 0 bridgehead atoms. The zero-order valence-electron chi connectivity index (χ0n) is 17.3. The summed E-state index contributed by atoms with van der Waals surface area (Å²) in [6, 6.07) is 22.1. The van der Waals surface area contributed by atoms with Crippen LogP contribution >= 0.6 is 0 Å². The van der Waals surface area contributed by atoms with E-state index in [1.165, 1.54) is 24.8 Å². The fourth-order valence-corrected chi connectivity index (χ4v) is 4.02. The summed E-state index contributed by atoms with van der Waals surface area (Å²) in [6.45, 7) is 2.22. The molecule has 152 valence electrons. The van der Waals surface area contributed by atoms with E-state index in [1.54, 1.807) is 0 Å². The van der Waals surface area contributed by atoms with E-state index in [1.807, 2.05) is 42.5 Å². The van der Waals surface area contributed by atoms with Gasteiger partial charge in [0, 0.05) is 17.5 Å². The highest BCUT2D eigenvalue weighted by Crippen LogP contribution is 2.31. The molecule has 0 aliphatic rings. The molecule has 4 nitrogen and oxygen atoms in total. The Kier molecular flexibility index (Phi) is 6.33. The lowest BCUT2D eigenvalue weighted by Gasteiger charge is -2.15. The summed E-state index contributed by atoms with van der Waals surface area (Å²) >= 11 is 0. The first-order valence-electron chi connectivity index (χ1n) is 10.6. The number of nitrogens with zero attached hydrogens (tertiary/aromatic N) is 2. The van der Waals surface area contributed by atoms with Gasteiger partial charge in [-0.25, -0.2) is 0 Å². The summed E-state index contributed by atoms with van der Waals surface area (Å²) in [4.78, 5) is 11.4. The lowest BCUT2D eigenvalue weighted by molar-refractivity contribution is 0.112. The lowest BCUT2D eigenvalue weighted by Crippen LogP contribution is -2.03. The Morgan fingerprint density at radius 1 is 0.900 bits per heavy atom. The van der Waals surface area contributed by atoms with Crippen molar-refractivity contribution in [2.24, 2.45) is 0 Å². The van der Waals surface area contributed by atoms with E-state index in [0.29, 0.717) is 23.3 Å². The van der Waals surface area contributed by atoms with E-state index >= 15 is 0 Å². The molecule has 0 N–H and O–H groups in total. The van der Waals surface area contributed by atoms with E-state index < -0.39 is 0 Å². The third kappa shape index (κ3) is 4.33. The van der Waals surface area contributed by atoms with E-state index in [0.717, 1.165) is 35.5 Å². The predicted octanol–water partition coefficient (Wildman–Crippen LogP) is 6.61. The Balaban J connectivity index is 1.62. The third-order valence-corrected chi connectivity index (χ3v) is 5.63. The number of fused-ring (bicyclic) bond motifs is 1. The first-order chi connectivity index (χ1) is 14.8. The van der Waals surface area contributed by atoms with Gasteiger partial charge in [-0.05, 0) is 34.7 Å². The van der Waals surface area contributed by atoms with Gasteiger partial charge >= 0.3 is 0 Å². The highest BCUT2D eigenvalue weighted by Gasteiger charge is 2.18. The number of unbranched alkanes of at least 4 members (excludes halogenated alkanes) is 2. The first-order valence-corrected chi connectivity index (χ1v) is 10.6. The molecule has 0 fully saturated rings. The Morgan fingerprint density at radius 3 is 2.43 bits per heavy atom. The highest BCUT2D eigenvalue weighted by atomic mass is 16.4. The summed E-state index contributed by atoms with van der Waals surface area (Å²) < 4.78 is 6.10. The molecule has 1 aromatic heterocycles. The van der Waals surface area contributed by atoms with Crippen LogP contribution in [0.4, 0.5) is 0 Å². The molecule has 0 spiro atoms. The molecule has 0 saturated carbocycles. The van der Waals surface area contributed by atoms with E-state index in [9.17, 15) is 4.79 Å². The number of benzene rings is 3. The van der Waals surface area contributed by atoms with Crippen molar-refractivity contribution in [1.29, 1.82) is 0 Å². The average Bonchev–Trinajstić information content (AvgIpc) is 3.26. The van der Waals surface area contributed by atoms with Crippen molar-refractivity contribution in [3.63, 3.8) is 0 Å².